The molecule has 0 radical (unpaired) electrons. The zero-order valence-corrected chi connectivity index (χ0v) is 17.7. The first-order valence-electron chi connectivity index (χ1n) is 10.1. The molecule has 0 fully saturated rings. The highest BCUT2D eigenvalue weighted by atomic mass is 16.5. The summed E-state index contributed by atoms with van der Waals surface area (Å²) >= 11 is 0. The Balaban J connectivity index is 1.77. The molecule has 0 spiro atoms. The van der Waals surface area contributed by atoms with Gasteiger partial charge in [-0.1, -0.05) is 30.4 Å². The molecule has 4 rings (SSSR count). The van der Waals surface area contributed by atoms with Gasteiger partial charge in [-0.25, -0.2) is 4.79 Å². The molecule has 0 N–H and O–H groups in total. The van der Waals surface area contributed by atoms with Gasteiger partial charge in [-0.05, 0) is 37.3 Å². The molecule has 1 amide bonds. The van der Waals surface area contributed by atoms with E-state index in [2.05, 4.69) is 6.58 Å². The summed E-state index contributed by atoms with van der Waals surface area (Å²) in [4.78, 5) is 32.7. The van der Waals surface area contributed by atoms with Gasteiger partial charge in [-0.2, -0.15) is 0 Å². The molecule has 31 heavy (non-hydrogen) atoms. The third kappa shape index (κ3) is 4.01. The van der Waals surface area contributed by atoms with Crippen LogP contribution in [0.25, 0.3) is 10.9 Å². The summed E-state index contributed by atoms with van der Waals surface area (Å²) in [6.45, 7) is 6.52. The summed E-state index contributed by atoms with van der Waals surface area (Å²) in [6.07, 6.45) is 2.11. The van der Waals surface area contributed by atoms with E-state index < -0.39 is 5.97 Å². The van der Waals surface area contributed by atoms with Gasteiger partial charge in [0.05, 0.1) is 18.2 Å². The third-order valence-electron chi connectivity index (χ3n) is 5.43. The van der Waals surface area contributed by atoms with Gasteiger partial charge in [0.1, 0.15) is 12.4 Å². The highest BCUT2D eigenvalue weighted by molar-refractivity contribution is 6.05. The van der Waals surface area contributed by atoms with Crippen molar-refractivity contribution in [3.8, 4) is 5.75 Å². The van der Waals surface area contributed by atoms with E-state index in [1.54, 1.807) is 36.3 Å². The molecule has 0 saturated carbocycles. The fourth-order valence-corrected chi connectivity index (χ4v) is 3.91. The smallest absolute Gasteiger partial charge is 0.339 e. The number of nitrogens with zero attached hydrogens (tertiary/aromatic N) is 2. The van der Waals surface area contributed by atoms with E-state index in [0.29, 0.717) is 36.4 Å². The summed E-state index contributed by atoms with van der Waals surface area (Å²) in [6, 6.07) is 12.9. The number of rotatable bonds is 5. The monoisotopic (exact) mass is 416 g/mol. The quantitative estimate of drug-likeness (QED) is 0.463. The molecule has 1 aromatic heterocycles. The Labute approximate surface area is 181 Å². The zero-order chi connectivity index (χ0) is 22.0. The molecule has 158 valence electrons. The molecule has 0 saturated heterocycles. The molecular formula is C25H24N2O4. The number of amides is 1. The fraction of sp³-hybridized carbons (Fsp3) is 0.240. The van der Waals surface area contributed by atoms with Crippen LogP contribution in [0.3, 0.4) is 0 Å². The second kappa shape index (κ2) is 8.60. The Morgan fingerprint density at radius 1 is 1.23 bits per heavy atom. The average Bonchev–Trinajstić information content (AvgIpc) is 2.80. The van der Waals surface area contributed by atoms with Gasteiger partial charge in [0.15, 0.2) is 0 Å². The largest absolute Gasteiger partial charge is 0.497 e. The van der Waals surface area contributed by atoms with Gasteiger partial charge in [0, 0.05) is 41.7 Å². The lowest BCUT2D eigenvalue weighted by atomic mass is 9.94. The van der Waals surface area contributed by atoms with Crippen LogP contribution in [-0.4, -0.2) is 42.0 Å². The number of hydrogen-bond acceptors (Lipinski definition) is 5. The lowest BCUT2D eigenvalue weighted by molar-refractivity contribution is 0.0544. The van der Waals surface area contributed by atoms with Gasteiger partial charge in [-0.15, -0.1) is 0 Å². The number of carbonyl (C=O) groups is 2. The lowest BCUT2D eigenvalue weighted by Gasteiger charge is -2.30. The van der Waals surface area contributed by atoms with Crippen LogP contribution in [0, 0.1) is 6.92 Å². The molecule has 0 aliphatic carbocycles. The van der Waals surface area contributed by atoms with E-state index in [-0.39, 0.29) is 12.5 Å². The second-order valence-electron chi connectivity index (χ2n) is 7.53. The van der Waals surface area contributed by atoms with Crippen molar-refractivity contribution in [3.05, 3.63) is 83.1 Å². The number of carbonyl (C=O) groups excluding carboxylic acids is 2. The molecule has 0 atom stereocenters. The topological polar surface area (TPSA) is 68.7 Å². The van der Waals surface area contributed by atoms with Crippen molar-refractivity contribution in [2.24, 2.45) is 0 Å². The number of ether oxygens (including phenoxy) is 2. The molecule has 2 aromatic carbocycles. The summed E-state index contributed by atoms with van der Waals surface area (Å²) in [5, 5.41) is 0.739. The highest BCUT2D eigenvalue weighted by Gasteiger charge is 2.29. The summed E-state index contributed by atoms with van der Waals surface area (Å²) in [7, 11) is 1.57. The Hall–Kier alpha value is -3.67. The van der Waals surface area contributed by atoms with Crippen LogP contribution in [0.2, 0.25) is 0 Å². The maximum atomic E-state index is 13.2. The van der Waals surface area contributed by atoms with E-state index in [4.69, 9.17) is 14.5 Å². The van der Waals surface area contributed by atoms with Crippen LogP contribution < -0.4 is 4.74 Å². The Morgan fingerprint density at radius 2 is 2.06 bits per heavy atom. The van der Waals surface area contributed by atoms with Crippen molar-refractivity contribution in [1.82, 2.24) is 9.88 Å². The van der Waals surface area contributed by atoms with Gasteiger partial charge in [-0.3, -0.25) is 9.78 Å². The van der Waals surface area contributed by atoms with Crippen LogP contribution in [0.5, 0.6) is 5.75 Å². The van der Waals surface area contributed by atoms with Crippen molar-refractivity contribution in [1.29, 1.82) is 0 Å². The van der Waals surface area contributed by atoms with Crippen molar-refractivity contribution >= 4 is 22.8 Å². The standard InChI is InChI=1S/C25H24N2O4/c1-4-12-31-25(29)23-19-13-16(2)8-9-21(19)26-22-10-11-27(15-20(22)23)24(28)17-6-5-7-18(14-17)30-3/h4-9,13-14H,1,10-12,15H2,2-3H3. The van der Waals surface area contributed by atoms with Crippen LogP contribution in [0.4, 0.5) is 0 Å². The average molecular weight is 416 g/mol. The predicted octanol–water partition coefficient (Wildman–Crippen LogP) is 4.09. The van der Waals surface area contributed by atoms with Gasteiger partial charge in [0.25, 0.3) is 5.91 Å². The Kier molecular flexibility index (Phi) is 5.71. The van der Waals surface area contributed by atoms with E-state index in [9.17, 15) is 9.59 Å². The van der Waals surface area contributed by atoms with Crippen LogP contribution in [-0.2, 0) is 17.7 Å². The zero-order valence-electron chi connectivity index (χ0n) is 17.7. The number of aromatic nitrogens is 1. The van der Waals surface area contributed by atoms with E-state index in [1.165, 1.54) is 6.08 Å². The van der Waals surface area contributed by atoms with Gasteiger partial charge >= 0.3 is 5.97 Å². The number of esters is 1. The Bertz CT molecular complexity index is 1190. The summed E-state index contributed by atoms with van der Waals surface area (Å²) in [5.74, 6) is 0.0872. The Morgan fingerprint density at radius 3 is 2.84 bits per heavy atom. The number of fused-ring (bicyclic) bond motifs is 2. The molecule has 1 aliphatic heterocycles. The third-order valence-corrected chi connectivity index (χ3v) is 5.43. The van der Waals surface area contributed by atoms with E-state index in [0.717, 1.165) is 27.7 Å². The van der Waals surface area contributed by atoms with Crippen molar-refractivity contribution in [2.75, 3.05) is 20.3 Å². The number of benzene rings is 2. The molecule has 6 heteroatoms. The van der Waals surface area contributed by atoms with Crippen LogP contribution in [0.15, 0.2) is 55.1 Å². The fourth-order valence-electron chi connectivity index (χ4n) is 3.91. The van der Waals surface area contributed by atoms with Crippen molar-refractivity contribution < 1.29 is 19.1 Å². The molecular weight excluding hydrogens is 392 g/mol. The van der Waals surface area contributed by atoms with Crippen molar-refractivity contribution in [2.45, 2.75) is 19.9 Å². The number of aryl methyl sites for hydroxylation is 1. The minimum absolute atomic E-state index is 0.112. The van der Waals surface area contributed by atoms with Crippen molar-refractivity contribution in [3.63, 3.8) is 0 Å². The molecule has 0 unspecified atom stereocenters. The molecule has 1 aliphatic rings. The van der Waals surface area contributed by atoms with Crippen LogP contribution >= 0.6 is 0 Å². The number of hydrogen-bond donors (Lipinski definition) is 0. The minimum atomic E-state index is -0.426. The first-order chi connectivity index (χ1) is 15.0. The maximum Gasteiger partial charge on any atom is 0.339 e. The SMILES string of the molecule is C=CCOC(=O)c1c2c(nc3ccc(C)cc13)CCN(C(=O)c1cccc(OC)c1)C2. The predicted molar refractivity (Wildman–Crippen MR) is 118 cm³/mol. The summed E-state index contributed by atoms with van der Waals surface area (Å²) in [5.41, 5.74) is 4.37. The summed E-state index contributed by atoms with van der Waals surface area (Å²) < 4.78 is 10.6. The number of pyridine rings is 1. The van der Waals surface area contributed by atoms with E-state index in [1.807, 2.05) is 25.1 Å². The normalized spacial score (nSPS) is 12.9. The molecule has 0 bridgehead atoms. The highest BCUT2D eigenvalue weighted by Crippen LogP contribution is 2.30. The van der Waals surface area contributed by atoms with Gasteiger partial charge < -0.3 is 14.4 Å². The first kappa shape index (κ1) is 20.6. The van der Waals surface area contributed by atoms with Gasteiger partial charge in [0.2, 0.25) is 0 Å². The molecule has 2 heterocycles. The molecule has 6 nitrogen and oxygen atoms in total. The molecule has 3 aromatic rings. The minimum Gasteiger partial charge on any atom is -0.497 e. The van der Waals surface area contributed by atoms with Crippen LogP contribution in [0.1, 0.15) is 37.5 Å². The second-order valence-corrected chi connectivity index (χ2v) is 7.53. The first-order valence-corrected chi connectivity index (χ1v) is 10.1. The maximum absolute atomic E-state index is 13.2. The van der Waals surface area contributed by atoms with E-state index >= 15 is 0 Å². The lowest BCUT2D eigenvalue weighted by Crippen LogP contribution is -2.37. The number of methoxy groups -OCH3 is 1.